The van der Waals surface area contributed by atoms with Crippen molar-refractivity contribution in [3.63, 3.8) is 0 Å². The van der Waals surface area contributed by atoms with Crippen LogP contribution in [0.25, 0.3) is 0 Å². The Bertz CT molecular complexity index is 336. The van der Waals surface area contributed by atoms with Crippen molar-refractivity contribution in [2.45, 2.75) is 31.8 Å². The highest BCUT2D eigenvalue weighted by Crippen LogP contribution is 2.28. The molecule has 1 aliphatic rings. The number of phenols is 1. The summed E-state index contributed by atoms with van der Waals surface area (Å²) in [7, 11) is 0. The lowest BCUT2D eigenvalue weighted by molar-refractivity contribution is 0.446. The van der Waals surface area contributed by atoms with Crippen LogP contribution in [0.1, 0.15) is 31.4 Å². The first kappa shape index (κ1) is 9.46. The molecule has 2 rings (SSSR count). The lowest BCUT2D eigenvalue weighted by Crippen LogP contribution is -2.20. The number of hydrogen-bond donors (Lipinski definition) is 2. The number of rotatable bonds is 3. The van der Waals surface area contributed by atoms with E-state index in [4.69, 9.17) is 0 Å². The Morgan fingerprint density at radius 2 is 2.21 bits per heavy atom. The van der Waals surface area contributed by atoms with Gasteiger partial charge in [-0.25, -0.2) is 4.39 Å². The molecule has 2 N–H and O–H groups in total. The van der Waals surface area contributed by atoms with E-state index in [1.807, 2.05) is 6.92 Å². The molecule has 0 aromatic heterocycles. The molecule has 0 saturated heterocycles. The fourth-order valence-corrected chi connectivity index (χ4v) is 1.58. The van der Waals surface area contributed by atoms with E-state index in [0.717, 1.165) is 11.6 Å². The second-order valence-corrected chi connectivity index (χ2v) is 3.87. The van der Waals surface area contributed by atoms with Gasteiger partial charge in [0.1, 0.15) is 11.6 Å². The van der Waals surface area contributed by atoms with Gasteiger partial charge in [-0.15, -0.1) is 0 Å². The molecule has 0 heterocycles. The second kappa shape index (κ2) is 3.58. The maximum Gasteiger partial charge on any atom is 0.126 e. The summed E-state index contributed by atoms with van der Waals surface area (Å²) >= 11 is 0. The second-order valence-electron chi connectivity index (χ2n) is 3.87. The Labute approximate surface area is 82.8 Å². The van der Waals surface area contributed by atoms with E-state index in [0.29, 0.717) is 6.04 Å². The normalized spacial score (nSPS) is 18.1. The van der Waals surface area contributed by atoms with Gasteiger partial charge in [-0.1, -0.05) is 6.07 Å². The van der Waals surface area contributed by atoms with Crippen LogP contribution < -0.4 is 5.32 Å². The van der Waals surface area contributed by atoms with Crippen LogP contribution in [0.3, 0.4) is 0 Å². The summed E-state index contributed by atoms with van der Waals surface area (Å²) in [6, 6.07) is 4.82. The van der Waals surface area contributed by atoms with E-state index in [1.165, 1.54) is 18.9 Å². The Morgan fingerprint density at radius 1 is 1.50 bits per heavy atom. The predicted molar refractivity (Wildman–Crippen MR) is 52.6 cm³/mol. The quantitative estimate of drug-likeness (QED) is 0.776. The van der Waals surface area contributed by atoms with E-state index in [9.17, 15) is 9.50 Å². The van der Waals surface area contributed by atoms with Gasteiger partial charge in [-0.2, -0.15) is 0 Å². The van der Waals surface area contributed by atoms with Crippen LogP contribution in [0.4, 0.5) is 4.39 Å². The van der Waals surface area contributed by atoms with Gasteiger partial charge in [0.2, 0.25) is 0 Å². The highest BCUT2D eigenvalue weighted by molar-refractivity contribution is 5.35. The molecule has 0 bridgehead atoms. The van der Waals surface area contributed by atoms with Crippen molar-refractivity contribution in [2.75, 3.05) is 0 Å². The van der Waals surface area contributed by atoms with Crippen molar-refractivity contribution in [2.24, 2.45) is 0 Å². The van der Waals surface area contributed by atoms with Crippen LogP contribution in [0.2, 0.25) is 0 Å². The Kier molecular flexibility index (Phi) is 2.42. The molecule has 0 unspecified atom stereocenters. The minimum absolute atomic E-state index is 0.0330. The molecule has 1 saturated carbocycles. The number of halogens is 1. The van der Waals surface area contributed by atoms with Gasteiger partial charge in [0.15, 0.2) is 0 Å². The molecule has 1 aromatic carbocycles. The van der Waals surface area contributed by atoms with Crippen LogP contribution in [0, 0.1) is 5.82 Å². The van der Waals surface area contributed by atoms with Crippen molar-refractivity contribution < 1.29 is 9.50 Å². The minimum Gasteiger partial charge on any atom is -0.508 e. The first-order chi connectivity index (χ1) is 6.66. The Balaban J connectivity index is 2.13. The van der Waals surface area contributed by atoms with Gasteiger partial charge < -0.3 is 10.4 Å². The molecule has 14 heavy (non-hydrogen) atoms. The summed E-state index contributed by atoms with van der Waals surface area (Å²) in [5.74, 6) is -0.365. The average Bonchev–Trinajstić information content (AvgIpc) is 2.87. The highest BCUT2D eigenvalue weighted by atomic mass is 19.1. The van der Waals surface area contributed by atoms with Crippen molar-refractivity contribution in [3.05, 3.63) is 29.6 Å². The van der Waals surface area contributed by atoms with E-state index in [1.54, 1.807) is 6.07 Å². The van der Waals surface area contributed by atoms with Gasteiger partial charge >= 0.3 is 0 Å². The zero-order valence-corrected chi connectivity index (χ0v) is 8.13. The Hall–Kier alpha value is -1.09. The number of phenolic OH excluding ortho intramolecular Hbond substituents is 1. The zero-order chi connectivity index (χ0) is 10.1. The number of hydrogen-bond acceptors (Lipinski definition) is 2. The molecular weight excluding hydrogens is 181 g/mol. The van der Waals surface area contributed by atoms with Gasteiger partial charge in [-0.05, 0) is 25.8 Å². The zero-order valence-electron chi connectivity index (χ0n) is 8.13. The topological polar surface area (TPSA) is 32.3 Å². The fraction of sp³-hybridized carbons (Fsp3) is 0.455. The monoisotopic (exact) mass is 195 g/mol. The summed E-state index contributed by atoms with van der Waals surface area (Å²) in [6.07, 6.45) is 2.40. The van der Waals surface area contributed by atoms with Crippen LogP contribution in [-0.2, 0) is 0 Å². The van der Waals surface area contributed by atoms with Crippen molar-refractivity contribution >= 4 is 0 Å². The summed E-state index contributed by atoms with van der Waals surface area (Å²) in [5.41, 5.74) is 0.762. The molecule has 1 fully saturated rings. The molecule has 0 radical (unpaired) electrons. The number of aromatic hydroxyl groups is 1. The Morgan fingerprint density at radius 3 is 2.79 bits per heavy atom. The van der Waals surface area contributed by atoms with E-state index in [-0.39, 0.29) is 11.8 Å². The molecule has 1 atom stereocenters. The summed E-state index contributed by atoms with van der Waals surface area (Å²) in [6.45, 7) is 1.98. The molecule has 0 amide bonds. The number of benzene rings is 1. The van der Waals surface area contributed by atoms with Crippen LogP contribution in [0.5, 0.6) is 5.75 Å². The summed E-state index contributed by atoms with van der Waals surface area (Å²) in [4.78, 5) is 0. The predicted octanol–water partition coefficient (Wildman–Crippen LogP) is 2.34. The third-order valence-electron chi connectivity index (χ3n) is 2.52. The van der Waals surface area contributed by atoms with E-state index >= 15 is 0 Å². The van der Waals surface area contributed by atoms with Crippen molar-refractivity contribution in [1.82, 2.24) is 5.32 Å². The van der Waals surface area contributed by atoms with Crippen LogP contribution in [-0.4, -0.2) is 11.1 Å². The maximum absolute atomic E-state index is 12.7. The average molecular weight is 195 g/mol. The molecule has 1 aromatic rings. The molecule has 3 heteroatoms. The summed E-state index contributed by atoms with van der Waals surface area (Å²) in [5, 5.41) is 12.9. The molecule has 76 valence electrons. The van der Waals surface area contributed by atoms with Crippen molar-refractivity contribution in [3.8, 4) is 5.75 Å². The largest absolute Gasteiger partial charge is 0.508 e. The third kappa shape index (κ3) is 2.04. The lowest BCUT2D eigenvalue weighted by Gasteiger charge is -2.14. The summed E-state index contributed by atoms with van der Waals surface area (Å²) < 4.78 is 12.7. The molecule has 2 nitrogen and oxygen atoms in total. The van der Waals surface area contributed by atoms with Crippen LogP contribution >= 0.6 is 0 Å². The van der Waals surface area contributed by atoms with Crippen molar-refractivity contribution in [1.29, 1.82) is 0 Å². The van der Waals surface area contributed by atoms with E-state index in [2.05, 4.69) is 5.32 Å². The van der Waals surface area contributed by atoms with Gasteiger partial charge in [0.05, 0.1) is 0 Å². The molecule has 1 aliphatic carbocycles. The first-order valence-corrected chi connectivity index (χ1v) is 4.91. The molecule has 0 spiro atoms. The lowest BCUT2D eigenvalue weighted by atomic mass is 10.1. The minimum atomic E-state index is -0.398. The molecule has 0 aliphatic heterocycles. The standard InChI is InChI=1S/C11H14FNO/c1-7(13-9-3-4-9)10-5-2-8(12)6-11(10)14/h2,5-7,9,13-14H,3-4H2,1H3/t7-/m1/s1. The first-order valence-electron chi connectivity index (χ1n) is 4.91. The SMILES string of the molecule is C[C@@H](NC1CC1)c1ccc(F)cc1O. The molecular formula is C11H14FNO. The number of nitrogens with one attached hydrogen (secondary N) is 1. The van der Waals surface area contributed by atoms with Gasteiger partial charge in [-0.3, -0.25) is 0 Å². The third-order valence-corrected chi connectivity index (χ3v) is 2.52. The van der Waals surface area contributed by atoms with Gasteiger partial charge in [0.25, 0.3) is 0 Å². The smallest absolute Gasteiger partial charge is 0.126 e. The van der Waals surface area contributed by atoms with Crippen LogP contribution in [0.15, 0.2) is 18.2 Å². The van der Waals surface area contributed by atoms with Gasteiger partial charge in [0, 0.05) is 23.7 Å². The fourth-order valence-electron chi connectivity index (χ4n) is 1.58. The maximum atomic E-state index is 12.7. The van der Waals surface area contributed by atoms with E-state index < -0.39 is 5.82 Å². The highest BCUT2D eigenvalue weighted by Gasteiger charge is 2.24.